The second-order valence-corrected chi connectivity index (χ2v) is 15.8. The van der Waals surface area contributed by atoms with E-state index in [1.54, 1.807) is 0 Å². The van der Waals surface area contributed by atoms with Gasteiger partial charge in [-0.25, -0.2) is 0 Å². The van der Waals surface area contributed by atoms with Crippen molar-refractivity contribution in [1.29, 1.82) is 0 Å². The summed E-state index contributed by atoms with van der Waals surface area (Å²) in [6.45, 7) is 0. The Morgan fingerprint density at radius 1 is 0.333 bits per heavy atom. The maximum absolute atomic E-state index is 5.37. The fraction of sp³-hybridized carbons (Fsp3) is 0. The van der Waals surface area contributed by atoms with Crippen LogP contribution in [-0.4, -0.2) is 58.9 Å². The van der Waals surface area contributed by atoms with Gasteiger partial charge in [0.2, 0.25) is 0 Å². The zero-order chi connectivity index (χ0) is 31.9. The molecule has 7 aromatic heterocycles. The second kappa shape index (κ2) is 12.3. The molecule has 2 aliphatic heterocycles. The van der Waals surface area contributed by atoms with Crippen LogP contribution in [0.1, 0.15) is 22.8 Å². The number of nitrogens with zero attached hydrogens (tertiary/aromatic N) is 6. The molecule has 8 heteroatoms. The van der Waals surface area contributed by atoms with E-state index in [2.05, 4.69) is 92.8 Å². The van der Waals surface area contributed by atoms with Crippen molar-refractivity contribution in [2.24, 2.45) is 0 Å². The number of rotatable bonds is 4. The van der Waals surface area contributed by atoms with Crippen molar-refractivity contribution in [3.05, 3.63) is 145 Å². The summed E-state index contributed by atoms with van der Waals surface area (Å²) in [6, 6.07) is 25.5. The molecule has 7 aromatic rings. The molecule has 0 amide bonds. The van der Waals surface area contributed by atoms with E-state index in [0.29, 0.717) is 0 Å². The predicted molar refractivity (Wildman–Crippen MR) is 197 cm³/mol. The Hall–Kier alpha value is -5.36. The Labute approximate surface area is 288 Å². The van der Waals surface area contributed by atoms with E-state index in [1.165, 1.54) is 17.0 Å². The molecule has 0 N–H and O–H groups in total. The number of fused-ring (bicyclic) bond motifs is 8. The van der Waals surface area contributed by atoms with Gasteiger partial charge in [-0.2, -0.15) is 0 Å². The van der Waals surface area contributed by atoms with Gasteiger partial charge >= 0.3 is 290 Å². The first kappa shape index (κ1) is 28.8. The first-order valence-corrected chi connectivity index (χ1v) is 18.8. The molecular weight excluding hydrogens is 722 g/mol. The van der Waals surface area contributed by atoms with Gasteiger partial charge in [0.15, 0.2) is 0 Å². The summed E-state index contributed by atoms with van der Waals surface area (Å²) in [5.74, 6) is 0. The van der Waals surface area contributed by atoms with Crippen LogP contribution >= 0.6 is 0 Å². The SMILES string of the molecule is C1=Cc2nc1c(-c1cccnc1)c1ccc([se]1)c(-c1cccnc1)c1nc(c(-c3cccnc3)c3ccc([se]3)c2-c2cccnc2)C=C1. The maximum atomic E-state index is 5.37. The van der Waals surface area contributed by atoms with Crippen LogP contribution in [0.5, 0.6) is 0 Å². The Morgan fingerprint density at radius 2 is 0.604 bits per heavy atom. The topological polar surface area (TPSA) is 77.3 Å². The van der Waals surface area contributed by atoms with Crippen LogP contribution in [0.15, 0.2) is 122 Å². The normalized spacial score (nSPS) is 12.0. The van der Waals surface area contributed by atoms with Crippen molar-refractivity contribution in [2.45, 2.75) is 0 Å². The third-order valence-electron chi connectivity index (χ3n) is 8.30. The fourth-order valence-electron chi connectivity index (χ4n) is 6.20. The van der Waals surface area contributed by atoms with Crippen LogP contribution in [0.4, 0.5) is 0 Å². The van der Waals surface area contributed by atoms with Gasteiger partial charge in [0.05, 0.1) is 0 Å². The first-order chi connectivity index (χ1) is 23.8. The Bertz CT molecular complexity index is 2190. The third-order valence-corrected chi connectivity index (χ3v) is 13.0. The molecule has 6 nitrogen and oxygen atoms in total. The molecule has 2 aliphatic rings. The molecule has 0 atom stereocenters. The summed E-state index contributed by atoms with van der Waals surface area (Å²) in [5.41, 5.74) is 12.4. The summed E-state index contributed by atoms with van der Waals surface area (Å²) in [6.07, 6.45) is 23.6. The molecule has 0 spiro atoms. The van der Waals surface area contributed by atoms with Gasteiger partial charge in [0.1, 0.15) is 0 Å². The van der Waals surface area contributed by atoms with Crippen molar-refractivity contribution in [2.75, 3.05) is 0 Å². The third kappa shape index (κ3) is 5.22. The fourth-order valence-corrected chi connectivity index (χ4v) is 11.1. The first-order valence-electron chi connectivity index (χ1n) is 15.4. The average Bonchev–Trinajstić information content (AvgIpc) is 3.98. The molecule has 9 heterocycles. The van der Waals surface area contributed by atoms with Gasteiger partial charge in [-0.15, -0.1) is 0 Å². The van der Waals surface area contributed by atoms with Crippen LogP contribution in [0.2, 0.25) is 0 Å². The second-order valence-electron chi connectivity index (χ2n) is 11.2. The van der Waals surface area contributed by atoms with Gasteiger partial charge in [0.25, 0.3) is 0 Å². The molecule has 0 aliphatic carbocycles. The number of pyridine rings is 4. The van der Waals surface area contributed by atoms with Gasteiger partial charge in [-0.05, 0) is 0 Å². The van der Waals surface area contributed by atoms with Crippen LogP contribution in [-0.2, 0) is 0 Å². The van der Waals surface area contributed by atoms with Crippen molar-refractivity contribution in [3.63, 3.8) is 0 Å². The molecule has 0 fully saturated rings. The molecule has 0 radical (unpaired) electrons. The van der Waals surface area contributed by atoms with Gasteiger partial charge in [-0.1, -0.05) is 0 Å². The summed E-state index contributed by atoms with van der Waals surface area (Å²) in [5, 5.41) is 0. The molecule has 0 aromatic carbocycles. The summed E-state index contributed by atoms with van der Waals surface area (Å²) >= 11 is -0.0742. The van der Waals surface area contributed by atoms with Crippen LogP contribution in [0.3, 0.4) is 0 Å². The van der Waals surface area contributed by atoms with Gasteiger partial charge in [0, 0.05) is 0 Å². The van der Waals surface area contributed by atoms with Crippen molar-refractivity contribution in [1.82, 2.24) is 29.9 Å². The number of aromatic nitrogens is 6. The van der Waals surface area contributed by atoms with E-state index in [4.69, 9.17) is 9.97 Å². The zero-order valence-electron chi connectivity index (χ0n) is 25.4. The van der Waals surface area contributed by atoms with E-state index in [0.717, 1.165) is 67.3 Å². The monoisotopic (exact) mass is 748 g/mol. The van der Waals surface area contributed by atoms with Crippen molar-refractivity contribution >= 4 is 70.4 Å². The zero-order valence-corrected chi connectivity index (χ0v) is 28.8. The molecule has 9 rings (SSSR count). The molecule has 48 heavy (non-hydrogen) atoms. The predicted octanol–water partition coefficient (Wildman–Crippen LogP) is 8.36. The van der Waals surface area contributed by atoms with E-state index < -0.39 is 0 Å². The standard InChI is InChI=1S/C40H24N6Se2/c1-5-25(21-41-17-1)37-29-9-10-30(45-29)38(26-6-2-18-42-22-26)35-15-16-36(48-35)40(28-8-4-20-44-24-28)32-12-11-31(46-32)39(27-7-3-19-43-23-27)34-14-13-33(37)47-34/h1-24H. The van der Waals surface area contributed by atoms with Crippen LogP contribution in [0.25, 0.3) is 85.9 Å². The Balaban J connectivity index is 1.49. The molecule has 0 saturated carbocycles. The minimum atomic E-state index is -0.0371. The molecule has 8 bridgehead atoms. The van der Waals surface area contributed by atoms with E-state index in [9.17, 15) is 0 Å². The quantitative estimate of drug-likeness (QED) is 0.169. The van der Waals surface area contributed by atoms with Crippen molar-refractivity contribution < 1.29 is 0 Å². The van der Waals surface area contributed by atoms with E-state index in [-0.39, 0.29) is 29.0 Å². The number of hydrogen-bond donors (Lipinski definition) is 0. The Kier molecular flexibility index (Phi) is 7.41. The molecule has 0 saturated heterocycles. The molecular formula is C40H24N6Se2. The summed E-state index contributed by atoms with van der Waals surface area (Å²) in [7, 11) is 0. The minimum absolute atomic E-state index is 0.0371. The van der Waals surface area contributed by atoms with E-state index >= 15 is 0 Å². The van der Waals surface area contributed by atoms with Crippen LogP contribution in [0, 0.1) is 0 Å². The average molecular weight is 747 g/mol. The Morgan fingerprint density at radius 3 is 0.833 bits per heavy atom. The summed E-state index contributed by atoms with van der Waals surface area (Å²) < 4.78 is 4.98. The summed E-state index contributed by atoms with van der Waals surface area (Å²) in [4.78, 5) is 28.7. The van der Waals surface area contributed by atoms with Gasteiger partial charge < -0.3 is 0 Å². The van der Waals surface area contributed by atoms with Crippen molar-refractivity contribution in [3.8, 4) is 44.5 Å². The molecule has 226 valence electrons. The van der Waals surface area contributed by atoms with E-state index in [1.807, 2.05) is 73.8 Å². The van der Waals surface area contributed by atoms with Gasteiger partial charge in [-0.3, -0.25) is 0 Å². The molecule has 0 unspecified atom stereocenters. The number of hydrogen-bond acceptors (Lipinski definition) is 6. The van der Waals surface area contributed by atoms with Crippen LogP contribution < -0.4 is 0 Å².